The molecule has 166 valence electrons. The maximum atomic E-state index is 14.8. The zero-order valence-corrected chi connectivity index (χ0v) is 18.0. The monoisotopic (exact) mass is 444 g/mol. The molecule has 1 atom stereocenters. The molecular weight excluding hydrogens is 417 g/mol. The van der Waals surface area contributed by atoms with Gasteiger partial charge in [0.25, 0.3) is 0 Å². The summed E-state index contributed by atoms with van der Waals surface area (Å²) in [5, 5.41) is 3.05. The number of amides is 1. The summed E-state index contributed by atoms with van der Waals surface area (Å²) in [6, 6.07) is 2.31. The smallest absolute Gasteiger partial charge is 0.414 e. The minimum Gasteiger partial charge on any atom is -0.442 e. The van der Waals surface area contributed by atoms with Crippen molar-refractivity contribution in [1.82, 2.24) is 10.2 Å². The Morgan fingerprint density at radius 3 is 2.43 bits per heavy atom. The number of piperazine rings is 1. The van der Waals surface area contributed by atoms with Gasteiger partial charge in [-0.05, 0) is 0 Å². The first-order valence-electron chi connectivity index (χ1n) is 10.1. The van der Waals surface area contributed by atoms with E-state index in [0.717, 1.165) is 12.1 Å². The highest BCUT2D eigenvalue weighted by Crippen LogP contribution is 2.31. The molecule has 2 aliphatic heterocycles. The molecule has 2 heterocycles. The largest absolute Gasteiger partial charge is 0.442 e. The van der Waals surface area contributed by atoms with Gasteiger partial charge in [-0.1, -0.05) is 26.1 Å². The van der Waals surface area contributed by atoms with E-state index in [-0.39, 0.29) is 23.8 Å². The molecule has 2 fully saturated rings. The number of cyclic esters (lactones) is 1. The van der Waals surface area contributed by atoms with Crippen LogP contribution >= 0.6 is 12.2 Å². The molecule has 0 spiro atoms. The van der Waals surface area contributed by atoms with Gasteiger partial charge in [0.05, 0.1) is 23.8 Å². The van der Waals surface area contributed by atoms with E-state index in [4.69, 9.17) is 17.0 Å². The van der Waals surface area contributed by atoms with Crippen LogP contribution < -0.4 is 15.1 Å². The van der Waals surface area contributed by atoms with Crippen molar-refractivity contribution < 1.29 is 22.7 Å². The Morgan fingerprint density at radius 2 is 1.87 bits per heavy atom. The highest BCUT2D eigenvalue weighted by molar-refractivity contribution is 7.80. The van der Waals surface area contributed by atoms with Crippen molar-refractivity contribution in [3.8, 4) is 0 Å². The number of alkyl halides is 1. The molecular formula is C20H27F3N4O2S. The van der Waals surface area contributed by atoms with E-state index in [9.17, 15) is 18.0 Å². The van der Waals surface area contributed by atoms with Crippen LogP contribution in [0.15, 0.2) is 12.1 Å². The van der Waals surface area contributed by atoms with Gasteiger partial charge in [-0.15, -0.1) is 0 Å². The molecule has 0 saturated carbocycles. The summed E-state index contributed by atoms with van der Waals surface area (Å²) >= 11 is 5.21. The van der Waals surface area contributed by atoms with Crippen molar-refractivity contribution in [1.29, 1.82) is 0 Å². The van der Waals surface area contributed by atoms with Crippen LogP contribution in [-0.4, -0.2) is 74.6 Å². The molecule has 2 aliphatic rings. The van der Waals surface area contributed by atoms with Gasteiger partial charge in [-0.2, -0.15) is 0 Å². The number of rotatable bonds is 7. The Balaban J connectivity index is 1.66. The fourth-order valence-electron chi connectivity index (χ4n) is 3.58. The summed E-state index contributed by atoms with van der Waals surface area (Å²) in [7, 11) is 0. The van der Waals surface area contributed by atoms with Gasteiger partial charge < -0.3 is 15.0 Å². The summed E-state index contributed by atoms with van der Waals surface area (Å²) in [5.41, 5.74) is -0.00420. The zero-order chi connectivity index (χ0) is 21.8. The molecule has 0 bridgehead atoms. The van der Waals surface area contributed by atoms with Crippen LogP contribution in [0.4, 0.5) is 29.3 Å². The van der Waals surface area contributed by atoms with Crippen molar-refractivity contribution in [2.24, 2.45) is 5.92 Å². The molecule has 30 heavy (non-hydrogen) atoms. The number of nitrogens with one attached hydrogen (secondary N) is 1. The van der Waals surface area contributed by atoms with Gasteiger partial charge >= 0.3 is 6.09 Å². The molecule has 2 saturated heterocycles. The molecule has 3 rings (SSSR count). The van der Waals surface area contributed by atoms with Gasteiger partial charge in [-0.3, -0.25) is 9.80 Å². The first-order valence-corrected chi connectivity index (χ1v) is 10.5. The molecule has 0 aliphatic carbocycles. The number of halogens is 3. The van der Waals surface area contributed by atoms with E-state index < -0.39 is 30.5 Å². The van der Waals surface area contributed by atoms with E-state index in [1.165, 1.54) is 4.90 Å². The van der Waals surface area contributed by atoms with Gasteiger partial charge in [0.15, 0.2) is 11.6 Å². The van der Waals surface area contributed by atoms with Crippen LogP contribution in [0.25, 0.3) is 0 Å². The van der Waals surface area contributed by atoms with E-state index in [2.05, 4.69) is 5.32 Å². The van der Waals surface area contributed by atoms with Crippen LogP contribution in [0.5, 0.6) is 0 Å². The predicted molar refractivity (Wildman–Crippen MR) is 114 cm³/mol. The van der Waals surface area contributed by atoms with E-state index in [1.807, 2.05) is 18.7 Å². The number of carbonyl (C=O) groups is 1. The topological polar surface area (TPSA) is 48.0 Å². The Hall–Kier alpha value is -2.07. The molecule has 1 aromatic carbocycles. The van der Waals surface area contributed by atoms with Crippen molar-refractivity contribution in [2.75, 3.05) is 62.3 Å². The molecule has 10 heteroatoms. The normalized spacial score (nSPS) is 20.1. The Morgan fingerprint density at radius 1 is 1.23 bits per heavy atom. The number of anilines is 2. The predicted octanol–water partition coefficient (Wildman–Crippen LogP) is 2.95. The first kappa shape index (κ1) is 22.6. The molecule has 0 radical (unpaired) electrons. The second-order valence-electron chi connectivity index (χ2n) is 7.79. The summed E-state index contributed by atoms with van der Waals surface area (Å²) in [4.78, 5) is 17.6. The van der Waals surface area contributed by atoms with Crippen molar-refractivity contribution in [3.05, 3.63) is 23.8 Å². The third-order valence-electron chi connectivity index (χ3n) is 5.31. The molecule has 6 nitrogen and oxygen atoms in total. The quantitative estimate of drug-likeness (QED) is 0.653. The van der Waals surface area contributed by atoms with Crippen LogP contribution in [-0.2, 0) is 4.74 Å². The van der Waals surface area contributed by atoms with E-state index in [1.54, 1.807) is 4.90 Å². The summed E-state index contributed by atoms with van der Waals surface area (Å²) in [6.07, 6.45) is -1.12. The molecule has 1 amide bonds. The third-order valence-corrected chi connectivity index (χ3v) is 5.92. The maximum absolute atomic E-state index is 14.8. The van der Waals surface area contributed by atoms with Crippen molar-refractivity contribution >= 4 is 34.7 Å². The summed E-state index contributed by atoms with van der Waals surface area (Å²) in [5.74, 6) is -1.30. The average molecular weight is 445 g/mol. The Labute approximate surface area is 179 Å². The Bertz CT molecular complexity index is 764. The number of benzene rings is 1. The minimum atomic E-state index is -0.737. The molecule has 1 N–H and O–H groups in total. The van der Waals surface area contributed by atoms with E-state index >= 15 is 0 Å². The fourth-order valence-corrected chi connectivity index (χ4v) is 3.67. The lowest BCUT2D eigenvalue weighted by atomic mass is 10.2. The summed E-state index contributed by atoms with van der Waals surface area (Å²) < 4.78 is 47.4. The highest BCUT2D eigenvalue weighted by atomic mass is 32.1. The van der Waals surface area contributed by atoms with Crippen molar-refractivity contribution in [3.63, 3.8) is 0 Å². The zero-order valence-electron chi connectivity index (χ0n) is 17.2. The van der Waals surface area contributed by atoms with Gasteiger partial charge in [0.1, 0.15) is 18.5 Å². The lowest BCUT2D eigenvalue weighted by Gasteiger charge is -2.36. The number of hydrogen-bond donors (Lipinski definition) is 1. The standard InChI is InChI=1S/C20H27F3N4O2S/c1-13(2)19(30)24-11-15-12-27(20(28)29-15)14-9-16(22)18(17(23)10-14)26-7-5-25(4-3-21)6-8-26/h9-10,13,15H,3-8,11-12H2,1-2H3,(H,24,30)/t15-/m0/s1. The van der Waals surface area contributed by atoms with Gasteiger partial charge in [0, 0.05) is 50.8 Å². The number of carbonyl (C=O) groups excluding carboxylic acids is 1. The number of nitrogens with zero attached hydrogens (tertiary/aromatic N) is 3. The number of hydrogen-bond acceptors (Lipinski definition) is 5. The lowest BCUT2D eigenvalue weighted by molar-refractivity contribution is 0.143. The second kappa shape index (κ2) is 9.82. The van der Waals surface area contributed by atoms with Crippen LogP contribution in [0.3, 0.4) is 0 Å². The van der Waals surface area contributed by atoms with E-state index in [0.29, 0.717) is 44.3 Å². The van der Waals surface area contributed by atoms with Crippen LogP contribution in [0.2, 0.25) is 0 Å². The SMILES string of the molecule is CC(C)C(=S)NC[C@H]1CN(c2cc(F)c(N3CCN(CCF)CC3)c(F)c2)C(=O)O1. The highest BCUT2D eigenvalue weighted by Gasteiger charge is 2.34. The van der Waals surface area contributed by atoms with Crippen molar-refractivity contribution in [2.45, 2.75) is 20.0 Å². The summed E-state index contributed by atoms with van der Waals surface area (Å²) in [6.45, 7) is 6.19. The fraction of sp³-hybridized carbons (Fsp3) is 0.600. The molecule has 1 aromatic rings. The average Bonchev–Trinajstić information content (AvgIpc) is 3.07. The van der Waals surface area contributed by atoms with Crippen LogP contribution in [0, 0.1) is 17.6 Å². The van der Waals surface area contributed by atoms with Gasteiger partial charge in [0.2, 0.25) is 0 Å². The van der Waals surface area contributed by atoms with Crippen LogP contribution in [0.1, 0.15) is 13.8 Å². The minimum absolute atomic E-state index is 0.115. The number of ether oxygens (including phenoxy) is 1. The third kappa shape index (κ3) is 5.15. The van der Waals surface area contributed by atoms with Gasteiger partial charge in [-0.25, -0.2) is 18.0 Å². The molecule has 0 aromatic heterocycles. The molecule has 0 unspecified atom stereocenters. The Kier molecular flexibility index (Phi) is 7.41. The second-order valence-corrected chi connectivity index (χ2v) is 8.23. The first-order chi connectivity index (χ1) is 14.3. The number of thiocarbonyl (C=S) groups is 1. The maximum Gasteiger partial charge on any atom is 0.414 e. The lowest BCUT2D eigenvalue weighted by Crippen LogP contribution is -2.47.